The molecule has 1 heterocycles. The molecule has 0 saturated carbocycles. The van der Waals surface area contributed by atoms with Gasteiger partial charge in [0.2, 0.25) is 0 Å². The minimum absolute atomic E-state index is 0.0412. The van der Waals surface area contributed by atoms with Crippen LogP contribution in [-0.2, 0) is 17.7 Å². The van der Waals surface area contributed by atoms with Crippen molar-refractivity contribution in [2.45, 2.75) is 18.9 Å². The molecule has 0 fully saturated rings. The smallest absolute Gasteiger partial charge is 0.189 e. The van der Waals surface area contributed by atoms with Crippen LogP contribution in [0.3, 0.4) is 0 Å². The van der Waals surface area contributed by atoms with E-state index in [1.54, 1.807) is 18.0 Å². The van der Waals surface area contributed by atoms with Gasteiger partial charge in [0, 0.05) is 7.11 Å². The monoisotopic (exact) mass is 334 g/mol. The summed E-state index contributed by atoms with van der Waals surface area (Å²) in [5.41, 5.74) is 3.05. The van der Waals surface area contributed by atoms with E-state index in [2.05, 4.69) is 27.1 Å². The fourth-order valence-electron chi connectivity index (χ4n) is 2.61. The normalized spacial score (nSPS) is 16.6. The fraction of sp³-hybridized carbons (Fsp3) is 0.333. The van der Waals surface area contributed by atoms with E-state index in [0.717, 1.165) is 16.5 Å². The van der Waals surface area contributed by atoms with Crippen LogP contribution in [0.1, 0.15) is 27.5 Å². The molecule has 2 aromatic rings. The predicted octanol–water partition coefficient (Wildman–Crippen LogP) is 2.81. The number of carbonyl (C=O) groups is 1. The number of aromatic nitrogens is 2. The average Bonchev–Trinajstić information content (AvgIpc) is 2.79. The van der Waals surface area contributed by atoms with E-state index in [9.17, 15) is 4.79 Å². The summed E-state index contributed by atoms with van der Waals surface area (Å²) in [5.74, 6) is 0.0877. The van der Waals surface area contributed by atoms with Crippen LogP contribution in [0.15, 0.2) is 34.9 Å². The number of methoxy groups -OCH3 is 1. The molecule has 1 unspecified atom stereocenters. The van der Waals surface area contributed by atoms with E-state index in [1.165, 1.54) is 5.56 Å². The molecule has 1 aromatic heterocycles. The third-order valence-corrected chi connectivity index (χ3v) is 4.29. The zero-order valence-corrected chi connectivity index (χ0v) is 12.8. The first-order chi connectivity index (χ1) is 9.72. The molecule has 1 atom stereocenters. The topological polar surface area (TPSA) is 44.1 Å². The summed E-state index contributed by atoms with van der Waals surface area (Å²) >= 11 is 3.43. The second-order valence-corrected chi connectivity index (χ2v) is 5.73. The highest BCUT2D eigenvalue weighted by Gasteiger charge is 2.34. The number of nitrogens with zero attached hydrogens (tertiary/aromatic N) is 2. The van der Waals surface area contributed by atoms with Crippen molar-refractivity contribution in [3.63, 3.8) is 0 Å². The Morgan fingerprint density at radius 1 is 1.50 bits per heavy atom. The molecule has 0 radical (unpaired) electrons. The number of hydrogen-bond donors (Lipinski definition) is 0. The maximum absolute atomic E-state index is 12.7. The van der Waals surface area contributed by atoms with Gasteiger partial charge < -0.3 is 4.74 Å². The number of ketones is 1. The zero-order chi connectivity index (χ0) is 14.1. The van der Waals surface area contributed by atoms with Crippen LogP contribution in [0.4, 0.5) is 0 Å². The second kappa shape index (κ2) is 5.50. The molecule has 0 spiro atoms. The van der Waals surface area contributed by atoms with Crippen molar-refractivity contribution in [1.29, 1.82) is 0 Å². The lowest BCUT2D eigenvalue weighted by molar-refractivity contribution is 0.0934. The number of ether oxygens (including phenoxy) is 1. The Balaban J connectivity index is 1.87. The first kappa shape index (κ1) is 13.5. The average molecular weight is 335 g/mol. The van der Waals surface area contributed by atoms with Crippen molar-refractivity contribution in [3.8, 4) is 0 Å². The summed E-state index contributed by atoms with van der Waals surface area (Å²) in [4.78, 5) is 12.7. The van der Waals surface area contributed by atoms with Gasteiger partial charge in [-0.15, -0.1) is 0 Å². The van der Waals surface area contributed by atoms with Gasteiger partial charge in [-0.1, -0.05) is 24.3 Å². The number of rotatable bonds is 5. The highest BCUT2D eigenvalue weighted by molar-refractivity contribution is 9.10. The van der Waals surface area contributed by atoms with Crippen LogP contribution in [0.25, 0.3) is 0 Å². The fourth-order valence-corrected chi connectivity index (χ4v) is 3.10. The summed E-state index contributed by atoms with van der Waals surface area (Å²) < 4.78 is 7.53. The van der Waals surface area contributed by atoms with E-state index in [1.807, 2.05) is 18.2 Å². The SMILES string of the molecule is COCCn1ncc(Br)c1C(=O)C1Cc2ccccc21. The summed E-state index contributed by atoms with van der Waals surface area (Å²) in [6.07, 6.45) is 2.49. The Morgan fingerprint density at radius 3 is 3.05 bits per heavy atom. The van der Waals surface area contributed by atoms with Crippen LogP contribution >= 0.6 is 15.9 Å². The van der Waals surface area contributed by atoms with Gasteiger partial charge in [0.25, 0.3) is 0 Å². The van der Waals surface area contributed by atoms with Crippen molar-refractivity contribution in [2.75, 3.05) is 13.7 Å². The van der Waals surface area contributed by atoms with Gasteiger partial charge in [-0.05, 0) is 33.5 Å². The molecule has 0 amide bonds. The molecule has 3 rings (SSSR count). The van der Waals surface area contributed by atoms with Gasteiger partial charge >= 0.3 is 0 Å². The Labute approximate surface area is 125 Å². The van der Waals surface area contributed by atoms with Crippen molar-refractivity contribution < 1.29 is 9.53 Å². The summed E-state index contributed by atoms with van der Waals surface area (Å²) in [6, 6.07) is 8.11. The van der Waals surface area contributed by atoms with Crippen LogP contribution < -0.4 is 0 Å². The Kier molecular flexibility index (Phi) is 3.72. The lowest BCUT2D eigenvalue weighted by atomic mass is 9.74. The van der Waals surface area contributed by atoms with Crippen molar-refractivity contribution in [2.24, 2.45) is 0 Å². The van der Waals surface area contributed by atoms with Crippen LogP contribution in [-0.4, -0.2) is 29.3 Å². The van der Waals surface area contributed by atoms with Gasteiger partial charge in [0.1, 0.15) is 5.69 Å². The number of hydrogen-bond acceptors (Lipinski definition) is 3. The molecule has 0 bridgehead atoms. The number of halogens is 1. The summed E-state index contributed by atoms with van der Waals surface area (Å²) in [6.45, 7) is 1.12. The van der Waals surface area contributed by atoms with Crippen LogP contribution in [0.2, 0.25) is 0 Å². The molecule has 1 aliphatic rings. The van der Waals surface area contributed by atoms with Crippen molar-refractivity contribution >= 4 is 21.7 Å². The van der Waals surface area contributed by atoms with Gasteiger partial charge in [-0.25, -0.2) is 0 Å². The Morgan fingerprint density at radius 2 is 2.30 bits per heavy atom. The van der Waals surface area contributed by atoms with E-state index in [0.29, 0.717) is 18.8 Å². The summed E-state index contributed by atoms with van der Waals surface area (Å²) in [7, 11) is 1.64. The lowest BCUT2D eigenvalue weighted by Crippen LogP contribution is -2.27. The van der Waals surface area contributed by atoms with Gasteiger partial charge in [-0.3, -0.25) is 9.48 Å². The first-order valence-electron chi connectivity index (χ1n) is 6.54. The van der Waals surface area contributed by atoms with E-state index < -0.39 is 0 Å². The first-order valence-corrected chi connectivity index (χ1v) is 7.34. The highest BCUT2D eigenvalue weighted by atomic mass is 79.9. The molecule has 0 saturated heterocycles. The number of Topliss-reactive ketones (excluding diaryl/α,β-unsaturated/α-hetero) is 1. The third kappa shape index (κ3) is 2.21. The highest BCUT2D eigenvalue weighted by Crippen LogP contribution is 2.38. The molecule has 0 N–H and O–H groups in total. The number of carbonyl (C=O) groups excluding carboxylic acids is 1. The molecular weight excluding hydrogens is 320 g/mol. The second-order valence-electron chi connectivity index (χ2n) is 4.88. The van der Waals surface area contributed by atoms with Crippen LogP contribution in [0, 0.1) is 0 Å². The van der Waals surface area contributed by atoms with E-state index in [4.69, 9.17) is 4.74 Å². The van der Waals surface area contributed by atoms with E-state index >= 15 is 0 Å². The van der Waals surface area contributed by atoms with Crippen molar-refractivity contribution in [3.05, 3.63) is 51.8 Å². The minimum atomic E-state index is -0.0412. The van der Waals surface area contributed by atoms with E-state index in [-0.39, 0.29) is 11.7 Å². The molecule has 1 aliphatic carbocycles. The lowest BCUT2D eigenvalue weighted by Gasteiger charge is -2.29. The van der Waals surface area contributed by atoms with Gasteiger partial charge in [-0.2, -0.15) is 5.10 Å². The number of fused-ring (bicyclic) bond motifs is 1. The molecule has 5 heteroatoms. The predicted molar refractivity (Wildman–Crippen MR) is 79.0 cm³/mol. The standard InChI is InChI=1S/C15H15BrN2O2/c1-20-7-6-18-14(13(16)9-17-18)15(19)12-8-10-4-2-3-5-11(10)12/h2-5,9,12H,6-8H2,1H3. The summed E-state index contributed by atoms with van der Waals surface area (Å²) in [5, 5.41) is 4.24. The molecule has 1 aromatic carbocycles. The quantitative estimate of drug-likeness (QED) is 0.790. The maximum atomic E-state index is 12.7. The van der Waals surface area contributed by atoms with Gasteiger partial charge in [0.05, 0.1) is 29.7 Å². The van der Waals surface area contributed by atoms with Crippen molar-refractivity contribution in [1.82, 2.24) is 9.78 Å². The zero-order valence-electron chi connectivity index (χ0n) is 11.2. The van der Waals surface area contributed by atoms with Gasteiger partial charge in [0.15, 0.2) is 5.78 Å². The molecule has 4 nitrogen and oxygen atoms in total. The largest absolute Gasteiger partial charge is 0.383 e. The molecule has 104 valence electrons. The minimum Gasteiger partial charge on any atom is -0.383 e. The Bertz CT molecular complexity index is 651. The third-order valence-electron chi connectivity index (χ3n) is 3.71. The molecule has 0 aliphatic heterocycles. The molecule has 20 heavy (non-hydrogen) atoms. The van der Waals surface area contributed by atoms with Crippen LogP contribution in [0.5, 0.6) is 0 Å². The molecular formula is C15H15BrN2O2. The number of benzene rings is 1. The Hall–Kier alpha value is -1.46. The maximum Gasteiger partial charge on any atom is 0.189 e.